The van der Waals surface area contributed by atoms with Crippen LogP contribution in [0.3, 0.4) is 0 Å². The lowest BCUT2D eigenvalue weighted by Crippen LogP contribution is -2.46. The normalized spacial score (nSPS) is 18.2. The lowest BCUT2D eigenvalue weighted by atomic mass is 9.85. The summed E-state index contributed by atoms with van der Waals surface area (Å²) < 4.78 is 11.9. The maximum Gasteiger partial charge on any atom is 0.405 e. The summed E-state index contributed by atoms with van der Waals surface area (Å²) in [5.41, 5.74) is -0.125. The van der Waals surface area contributed by atoms with Gasteiger partial charge in [0.2, 0.25) is 11.7 Å². The smallest absolute Gasteiger partial charge is 0.405 e. The standard InChI is InChI=1S/C22H14ClN3O6/c1-2-22(32-21(23)30)14-7-17-18-11(8-26(17)19(28)13(14)9-31-20(22)29)6-12-15(24-10-27)4-3-5-16(12)25-18/h3-7H,2,8-9H2,1H3/t22-/m0/s1. The number of ether oxygens (including phenoxy) is 2. The zero-order valence-electron chi connectivity index (χ0n) is 16.7. The molecule has 0 aliphatic carbocycles. The van der Waals surface area contributed by atoms with Gasteiger partial charge in [0.25, 0.3) is 5.56 Å². The largest absolute Gasteiger partial charge is 0.457 e. The number of hydrogen-bond acceptors (Lipinski definition) is 8. The molecule has 2 aromatic heterocycles. The fraction of sp³-hybridized carbons (Fsp3) is 0.227. The zero-order valence-corrected chi connectivity index (χ0v) is 17.4. The summed E-state index contributed by atoms with van der Waals surface area (Å²) >= 11 is 5.45. The van der Waals surface area contributed by atoms with Gasteiger partial charge >= 0.3 is 11.4 Å². The molecule has 1 atom stereocenters. The predicted molar refractivity (Wildman–Crippen MR) is 112 cm³/mol. The van der Waals surface area contributed by atoms with Crippen LogP contribution in [0.4, 0.5) is 10.5 Å². The molecule has 10 heteroatoms. The maximum absolute atomic E-state index is 13.3. The van der Waals surface area contributed by atoms with Gasteiger partial charge in [-0.15, -0.1) is 0 Å². The second kappa shape index (κ2) is 7.12. The van der Waals surface area contributed by atoms with Gasteiger partial charge in [0.15, 0.2) is 0 Å². The van der Waals surface area contributed by atoms with Crippen LogP contribution in [0.25, 0.3) is 22.3 Å². The molecule has 32 heavy (non-hydrogen) atoms. The number of carbonyl (C=O) groups excluding carboxylic acids is 3. The van der Waals surface area contributed by atoms with Crippen molar-refractivity contribution in [2.75, 3.05) is 0 Å². The highest BCUT2D eigenvalue weighted by molar-refractivity contribution is 6.61. The van der Waals surface area contributed by atoms with Crippen molar-refractivity contribution in [3.8, 4) is 11.4 Å². The lowest BCUT2D eigenvalue weighted by molar-refractivity contribution is -0.171. The van der Waals surface area contributed by atoms with E-state index >= 15 is 0 Å². The number of rotatable bonds is 3. The third-order valence-corrected chi connectivity index (χ3v) is 5.99. The van der Waals surface area contributed by atoms with Crippen molar-refractivity contribution in [2.45, 2.75) is 32.1 Å². The van der Waals surface area contributed by atoms with E-state index < -0.39 is 17.0 Å². The molecule has 2 aliphatic rings. The summed E-state index contributed by atoms with van der Waals surface area (Å²) in [5, 5.41) is 0.651. The molecule has 0 saturated heterocycles. The lowest BCUT2D eigenvalue weighted by Gasteiger charge is -2.34. The highest BCUT2D eigenvalue weighted by atomic mass is 35.5. The van der Waals surface area contributed by atoms with Crippen LogP contribution in [0.5, 0.6) is 0 Å². The Morgan fingerprint density at radius 1 is 1.38 bits per heavy atom. The number of benzene rings is 1. The van der Waals surface area contributed by atoms with E-state index in [2.05, 4.69) is 9.98 Å². The first-order valence-electron chi connectivity index (χ1n) is 9.73. The van der Waals surface area contributed by atoms with Crippen molar-refractivity contribution >= 4 is 45.7 Å². The van der Waals surface area contributed by atoms with E-state index in [0.717, 1.165) is 5.56 Å². The average molecular weight is 452 g/mol. The van der Waals surface area contributed by atoms with Crippen LogP contribution in [0, 0.1) is 0 Å². The minimum atomic E-state index is -1.81. The van der Waals surface area contributed by atoms with Crippen LogP contribution in [-0.2, 0) is 37.8 Å². The molecular formula is C22H14ClN3O6. The van der Waals surface area contributed by atoms with Crippen molar-refractivity contribution in [1.29, 1.82) is 0 Å². The van der Waals surface area contributed by atoms with Gasteiger partial charge in [-0.25, -0.2) is 19.4 Å². The maximum atomic E-state index is 13.3. The molecule has 5 rings (SSSR count). The van der Waals surface area contributed by atoms with Crippen LogP contribution in [-0.4, -0.2) is 27.0 Å². The van der Waals surface area contributed by atoms with Crippen molar-refractivity contribution in [2.24, 2.45) is 4.99 Å². The van der Waals surface area contributed by atoms with Gasteiger partial charge in [0.1, 0.15) is 6.61 Å². The molecule has 0 saturated carbocycles. The zero-order chi connectivity index (χ0) is 22.6. The third kappa shape index (κ3) is 2.72. The first-order chi connectivity index (χ1) is 15.4. The Hall–Kier alpha value is -3.81. The van der Waals surface area contributed by atoms with Gasteiger partial charge in [-0.2, -0.15) is 4.99 Å². The SMILES string of the molecule is CC[C@@]1(OC(=O)Cl)C(=O)OCc2c1cc1n(c2=O)Cc2cc3c(N=C=O)cccc3nc2-1. The van der Waals surface area contributed by atoms with Crippen molar-refractivity contribution in [1.82, 2.24) is 9.55 Å². The Bertz CT molecular complexity index is 1460. The molecule has 0 fully saturated rings. The molecule has 9 nitrogen and oxygen atoms in total. The number of pyridine rings is 2. The van der Waals surface area contributed by atoms with Crippen molar-refractivity contribution in [3.63, 3.8) is 0 Å². The highest BCUT2D eigenvalue weighted by Crippen LogP contribution is 2.41. The fourth-order valence-electron chi connectivity index (χ4n) is 4.43. The molecule has 160 valence electrons. The summed E-state index contributed by atoms with van der Waals surface area (Å²) in [7, 11) is 0. The van der Waals surface area contributed by atoms with E-state index in [1.54, 1.807) is 31.2 Å². The molecule has 4 heterocycles. The monoisotopic (exact) mass is 451 g/mol. The van der Waals surface area contributed by atoms with E-state index in [-0.39, 0.29) is 36.3 Å². The molecule has 0 bridgehead atoms. The summed E-state index contributed by atoms with van der Waals surface area (Å²) in [5.74, 6) is -0.785. The molecule has 0 amide bonds. The van der Waals surface area contributed by atoms with Crippen LogP contribution < -0.4 is 5.56 Å². The van der Waals surface area contributed by atoms with Crippen LogP contribution in [0.1, 0.15) is 30.0 Å². The average Bonchev–Trinajstić information content (AvgIpc) is 3.13. The minimum Gasteiger partial charge on any atom is -0.457 e. The number of halogens is 1. The van der Waals surface area contributed by atoms with E-state index in [0.29, 0.717) is 28.0 Å². The van der Waals surface area contributed by atoms with E-state index in [4.69, 9.17) is 21.1 Å². The molecule has 2 aliphatic heterocycles. The number of esters is 1. The second-order valence-electron chi connectivity index (χ2n) is 7.45. The number of aliphatic imine (C=N–C) groups is 1. The summed E-state index contributed by atoms with van der Waals surface area (Å²) in [6.45, 7) is 1.63. The van der Waals surface area contributed by atoms with Crippen molar-refractivity contribution < 1.29 is 23.9 Å². The quantitative estimate of drug-likeness (QED) is 0.203. The number of isocyanates is 1. The predicted octanol–water partition coefficient (Wildman–Crippen LogP) is 3.43. The van der Waals surface area contributed by atoms with Gasteiger partial charge in [-0.1, -0.05) is 13.0 Å². The first kappa shape index (κ1) is 20.1. The molecule has 0 unspecified atom stereocenters. The van der Waals surface area contributed by atoms with Crippen LogP contribution >= 0.6 is 11.6 Å². The molecule has 0 radical (unpaired) electrons. The molecule has 0 N–H and O–H groups in total. The number of hydrogen-bond donors (Lipinski definition) is 0. The number of cyclic esters (lactones) is 1. The van der Waals surface area contributed by atoms with E-state index in [1.165, 1.54) is 10.6 Å². The van der Waals surface area contributed by atoms with Crippen LogP contribution in [0.15, 0.2) is 40.1 Å². The fourth-order valence-corrected chi connectivity index (χ4v) is 4.56. The number of aromatic nitrogens is 2. The van der Waals surface area contributed by atoms with Gasteiger partial charge in [0.05, 0.1) is 34.7 Å². The Morgan fingerprint density at radius 2 is 2.19 bits per heavy atom. The number of carbonyl (C=O) groups is 2. The summed E-state index contributed by atoms with van der Waals surface area (Å²) in [6.07, 6.45) is 1.57. The molecule has 1 aromatic carbocycles. The number of fused-ring (bicyclic) bond motifs is 5. The van der Waals surface area contributed by atoms with E-state index in [1.807, 2.05) is 6.07 Å². The molecular weight excluding hydrogens is 438 g/mol. The van der Waals surface area contributed by atoms with Gasteiger partial charge in [-0.05, 0) is 30.7 Å². The van der Waals surface area contributed by atoms with E-state index in [9.17, 15) is 19.2 Å². The van der Waals surface area contributed by atoms with Crippen molar-refractivity contribution in [3.05, 3.63) is 57.4 Å². The molecule has 3 aromatic rings. The second-order valence-corrected chi connectivity index (χ2v) is 7.76. The van der Waals surface area contributed by atoms with Gasteiger partial charge in [0, 0.05) is 28.1 Å². The summed E-state index contributed by atoms with van der Waals surface area (Å²) in [6, 6.07) is 8.62. The first-order valence-corrected chi connectivity index (χ1v) is 10.1. The Labute approximate surface area is 185 Å². The minimum absolute atomic E-state index is 0.0330. The van der Waals surface area contributed by atoms with Gasteiger partial charge in [-0.3, -0.25) is 4.79 Å². The number of nitrogens with zero attached hydrogens (tertiary/aromatic N) is 3. The van der Waals surface area contributed by atoms with Gasteiger partial charge < -0.3 is 14.0 Å². The third-order valence-electron chi connectivity index (χ3n) is 5.92. The highest BCUT2D eigenvalue weighted by Gasteiger charge is 2.50. The Kier molecular flexibility index (Phi) is 4.47. The Morgan fingerprint density at radius 3 is 2.91 bits per heavy atom. The summed E-state index contributed by atoms with van der Waals surface area (Å²) in [4.78, 5) is 56.8. The van der Waals surface area contributed by atoms with Crippen LogP contribution in [0.2, 0.25) is 0 Å². The molecule has 0 spiro atoms. The Balaban J connectivity index is 1.78. The topological polar surface area (TPSA) is 117 Å².